The molecule has 0 heterocycles. The molecule has 0 aromatic carbocycles. The quantitative estimate of drug-likeness (QED) is 0.468. The molecule has 0 fully saturated rings. The molecule has 0 aliphatic rings. The van der Waals surface area contributed by atoms with E-state index in [1.54, 1.807) is 0 Å². The van der Waals surface area contributed by atoms with Gasteiger partial charge >= 0.3 is 5.97 Å². The minimum Gasteiger partial charge on any atom is -0.481 e. The van der Waals surface area contributed by atoms with Gasteiger partial charge in [-0.3, -0.25) is 4.79 Å². The molecular formula is C2H4O2P. The van der Waals surface area contributed by atoms with Crippen LogP contribution in [0.5, 0.6) is 0 Å². The lowest BCUT2D eigenvalue weighted by molar-refractivity contribution is -0.133. The van der Waals surface area contributed by atoms with Crippen LogP contribution in [0.25, 0.3) is 0 Å². The van der Waals surface area contributed by atoms with Crippen molar-refractivity contribution in [2.24, 2.45) is 0 Å². The second kappa shape index (κ2) is 2.16. The number of rotatable bonds is 1. The standard InChI is InChI=1S/C2H4O2P/c3-2(4)1-5/h5H,1H2,(H,3,4). The van der Waals surface area contributed by atoms with Crippen molar-refractivity contribution < 1.29 is 9.90 Å². The summed E-state index contributed by atoms with van der Waals surface area (Å²) < 4.78 is 0. The van der Waals surface area contributed by atoms with Crippen molar-refractivity contribution in [3.8, 4) is 0 Å². The Morgan fingerprint density at radius 2 is 2.20 bits per heavy atom. The molecule has 1 N–H and O–H groups in total. The number of hydrogen-bond donors (Lipinski definition) is 1. The molecule has 0 saturated carbocycles. The molecule has 0 spiro atoms. The third-order valence-corrected chi connectivity index (χ3v) is 0.454. The van der Waals surface area contributed by atoms with Crippen LogP contribution >= 0.6 is 9.24 Å². The minimum atomic E-state index is -0.832. The predicted molar refractivity (Wildman–Crippen MR) is 20.8 cm³/mol. The van der Waals surface area contributed by atoms with Crippen molar-refractivity contribution in [3.63, 3.8) is 0 Å². The van der Waals surface area contributed by atoms with E-state index in [1.807, 2.05) is 0 Å². The lowest BCUT2D eigenvalue weighted by Crippen LogP contribution is -1.92. The van der Waals surface area contributed by atoms with E-state index in [0.717, 1.165) is 0 Å². The van der Waals surface area contributed by atoms with Crippen molar-refractivity contribution >= 4 is 15.2 Å². The Bertz CT molecular complexity index is 42.9. The van der Waals surface area contributed by atoms with Gasteiger partial charge in [-0.25, -0.2) is 0 Å². The van der Waals surface area contributed by atoms with Crippen LogP contribution in [0.2, 0.25) is 0 Å². The lowest BCUT2D eigenvalue weighted by Gasteiger charge is -1.71. The maximum atomic E-state index is 9.32. The zero-order valence-corrected chi connectivity index (χ0v) is 3.56. The Morgan fingerprint density at radius 3 is 2.20 bits per heavy atom. The van der Waals surface area contributed by atoms with Gasteiger partial charge in [0.2, 0.25) is 0 Å². The summed E-state index contributed by atoms with van der Waals surface area (Å²) in [5.41, 5.74) is 0. The predicted octanol–water partition coefficient (Wildman–Crippen LogP) is 0.214. The molecule has 0 bridgehead atoms. The topological polar surface area (TPSA) is 37.3 Å². The second-order valence-corrected chi connectivity index (χ2v) is 0.924. The highest BCUT2D eigenvalue weighted by Gasteiger charge is 1.81. The third-order valence-electron chi connectivity index (χ3n) is 0.151. The summed E-state index contributed by atoms with van der Waals surface area (Å²) in [5, 5.41) is 7.67. The molecule has 29 valence electrons. The van der Waals surface area contributed by atoms with Crippen molar-refractivity contribution in [3.05, 3.63) is 0 Å². The van der Waals surface area contributed by atoms with E-state index in [-0.39, 0.29) is 6.16 Å². The molecule has 3 heteroatoms. The number of carboxylic acid groups (broad SMARTS) is 1. The average Bonchev–Trinajstić information content (AvgIpc) is 1.38. The Balaban J connectivity index is 2.85. The fraction of sp³-hybridized carbons (Fsp3) is 0.500. The largest absolute Gasteiger partial charge is 0.481 e. The highest BCUT2D eigenvalue weighted by molar-refractivity contribution is 7.18. The molecule has 0 aromatic rings. The van der Waals surface area contributed by atoms with Crippen LogP contribution in [0.4, 0.5) is 0 Å². The summed E-state index contributed by atoms with van der Waals surface area (Å²) in [6.07, 6.45) is 0.0278. The number of hydrogen-bond acceptors (Lipinski definition) is 1. The molecule has 0 aliphatic carbocycles. The Kier molecular flexibility index (Phi) is 2.11. The number of aliphatic carboxylic acids is 1. The highest BCUT2D eigenvalue weighted by Crippen LogP contribution is 1.74. The van der Waals surface area contributed by atoms with Crippen LogP contribution < -0.4 is 0 Å². The molecule has 2 nitrogen and oxygen atoms in total. The van der Waals surface area contributed by atoms with E-state index in [1.165, 1.54) is 0 Å². The zero-order chi connectivity index (χ0) is 4.28. The Morgan fingerprint density at radius 1 is 2.00 bits per heavy atom. The van der Waals surface area contributed by atoms with Gasteiger partial charge < -0.3 is 5.11 Å². The van der Waals surface area contributed by atoms with E-state index in [9.17, 15) is 4.79 Å². The van der Waals surface area contributed by atoms with Gasteiger partial charge in [-0.2, -0.15) is 0 Å². The van der Waals surface area contributed by atoms with Crippen LogP contribution in [0.1, 0.15) is 0 Å². The zero-order valence-electron chi connectivity index (χ0n) is 2.56. The van der Waals surface area contributed by atoms with Crippen LogP contribution in [0.15, 0.2) is 0 Å². The lowest BCUT2D eigenvalue weighted by atomic mass is 10.8. The van der Waals surface area contributed by atoms with Gasteiger partial charge in [0.25, 0.3) is 0 Å². The molecule has 0 aromatic heterocycles. The average molecular weight is 91.0 g/mol. The summed E-state index contributed by atoms with van der Waals surface area (Å²) in [4.78, 5) is 9.32. The van der Waals surface area contributed by atoms with Crippen LogP contribution in [0.3, 0.4) is 0 Å². The molecule has 0 aliphatic heterocycles. The van der Waals surface area contributed by atoms with E-state index >= 15 is 0 Å². The first-order chi connectivity index (χ1) is 2.27. The fourth-order valence-electron chi connectivity index (χ4n) is 0. The molecule has 0 amide bonds. The highest BCUT2D eigenvalue weighted by atomic mass is 31.0. The van der Waals surface area contributed by atoms with Crippen molar-refractivity contribution in [2.45, 2.75) is 0 Å². The molecule has 1 radical (unpaired) electrons. The molecule has 5 heavy (non-hydrogen) atoms. The molecular weight excluding hydrogens is 87.0 g/mol. The van der Waals surface area contributed by atoms with Crippen LogP contribution in [0, 0.1) is 0 Å². The maximum absolute atomic E-state index is 9.32. The minimum absolute atomic E-state index is 0.0278. The second-order valence-electron chi connectivity index (χ2n) is 0.571. The molecule has 0 saturated heterocycles. The van der Waals surface area contributed by atoms with Crippen LogP contribution in [-0.2, 0) is 4.79 Å². The summed E-state index contributed by atoms with van der Waals surface area (Å²) in [7, 11) is 2.76. The molecule has 0 atom stereocenters. The van der Waals surface area contributed by atoms with E-state index < -0.39 is 5.97 Å². The van der Waals surface area contributed by atoms with Gasteiger partial charge in [0.15, 0.2) is 0 Å². The maximum Gasteiger partial charge on any atom is 0.307 e. The molecule has 0 unspecified atom stereocenters. The first-order valence-electron chi connectivity index (χ1n) is 1.13. The van der Waals surface area contributed by atoms with E-state index in [0.29, 0.717) is 0 Å². The summed E-state index contributed by atoms with van der Waals surface area (Å²) in [5.74, 6) is -0.832. The third kappa shape index (κ3) is 3.90. The summed E-state index contributed by atoms with van der Waals surface area (Å²) in [6.45, 7) is 0. The summed E-state index contributed by atoms with van der Waals surface area (Å²) >= 11 is 0. The van der Waals surface area contributed by atoms with Gasteiger partial charge in [-0.15, -0.1) is 0 Å². The van der Waals surface area contributed by atoms with Gasteiger partial charge in [0.05, 0.1) is 6.16 Å². The van der Waals surface area contributed by atoms with Gasteiger partial charge in [0, 0.05) is 0 Å². The first-order valence-corrected chi connectivity index (χ1v) is 1.84. The first kappa shape index (κ1) is 4.90. The van der Waals surface area contributed by atoms with E-state index in [4.69, 9.17) is 5.11 Å². The monoisotopic (exact) mass is 91.0 g/mol. The SMILES string of the molecule is O=C(O)C[PH]. The van der Waals surface area contributed by atoms with Gasteiger partial charge in [-0.05, 0) is 0 Å². The number of carboxylic acids is 1. The Labute approximate surface area is 32.4 Å². The van der Waals surface area contributed by atoms with Gasteiger partial charge in [-0.1, -0.05) is 9.24 Å². The van der Waals surface area contributed by atoms with Crippen molar-refractivity contribution in [2.75, 3.05) is 6.16 Å². The van der Waals surface area contributed by atoms with Crippen molar-refractivity contribution in [1.29, 1.82) is 0 Å². The van der Waals surface area contributed by atoms with Crippen molar-refractivity contribution in [1.82, 2.24) is 0 Å². The van der Waals surface area contributed by atoms with Gasteiger partial charge in [0.1, 0.15) is 0 Å². The van der Waals surface area contributed by atoms with Crippen LogP contribution in [-0.4, -0.2) is 17.2 Å². The normalized spacial score (nSPS) is 7.40. The fourth-order valence-corrected chi connectivity index (χ4v) is 0. The smallest absolute Gasteiger partial charge is 0.307 e. The number of carbonyl (C=O) groups is 1. The molecule has 0 rings (SSSR count). The van der Waals surface area contributed by atoms with E-state index in [2.05, 4.69) is 9.24 Å². The Hall–Kier alpha value is -0.100. The summed E-state index contributed by atoms with van der Waals surface area (Å²) in [6, 6.07) is 0.